The fraction of sp³-hybridized carbons (Fsp3) is 0.933. The summed E-state index contributed by atoms with van der Waals surface area (Å²) in [4.78, 5) is 6.85. The van der Waals surface area contributed by atoms with E-state index in [1.54, 1.807) is 6.92 Å². The second-order valence-electron chi connectivity index (χ2n) is 6.26. The van der Waals surface area contributed by atoms with Gasteiger partial charge >= 0.3 is 0 Å². The summed E-state index contributed by atoms with van der Waals surface area (Å²) in [5.41, 5.74) is 0. The molecule has 0 bridgehead atoms. The van der Waals surface area contributed by atoms with Gasteiger partial charge < -0.3 is 10.2 Å². The first-order valence-electron chi connectivity index (χ1n) is 8.38. The van der Waals surface area contributed by atoms with Gasteiger partial charge in [-0.1, -0.05) is 13.8 Å². The van der Waals surface area contributed by atoms with Crippen molar-refractivity contribution in [3.8, 4) is 0 Å². The van der Waals surface area contributed by atoms with E-state index in [2.05, 4.69) is 40.7 Å². The first kappa shape index (κ1) is 19.2. The highest BCUT2D eigenvalue weighted by Gasteiger charge is 2.25. The van der Waals surface area contributed by atoms with E-state index in [1.807, 2.05) is 0 Å². The van der Waals surface area contributed by atoms with Crippen LogP contribution in [0, 0.1) is 11.8 Å². The van der Waals surface area contributed by atoms with Gasteiger partial charge in [0.2, 0.25) is 10.0 Å². The number of aliphatic imine (C=N–C) groups is 1. The van der Waals surface area contributed by atoms with Crippen LogP contribution in [0.3, 0.4) is 0 Å². The zero-order valence-electron chi connectivity index (χ0n) is 14.4. The molecule has 1 aliphatic rings. The molecule has 0 saturated carbocycles. The molecule has 1 heterocycles. The molecule has 0 radical (unpaired) electrons. The minimum Gasteiger partial charge on any atom is -0.357 e. The molecule has 1 atom stereocenters. The molecule has 0 aliphatic carbocycles. The maximum atomic E-state index is 11.4. The third-order valence-electron chi connectivity index (χ3n) is 3.80. The first-order valence-corrected chi connectivity index (χ1v) is 10.0. The standard InChI is InChI=1S/C15H32N4O2S/c1-5-16-15(17-8-9-18-22(20,21)6-2)19-10-7-14(12-19)11-13(3)4/h13-14,18H,5-12H2,1-4H3,(H,16,17). The summed E-state index contributed by atoms with van der Waals surface area (Å²) in [5.74, 6) is 2.49. The topological polar surface area (TPSA) is 73.8 Å². The summed E-state index contributed by atoms with van der Waals surface area (Å²) < 4.78 is 25.3. The van der Waals surface area contributed by atoms with Crippen LogP contribution in [0.15, 0.2) is 4.99 Å². The van der Waals surface area contributed by atoms with Crippen LogP contribution in [-0.4, -0.2) is 57.8 Å². The van der Waals surface area contributed by atoms with Gasteiger partial charge in [0.05, 0.1) is 12.3 Å². The lowest BCUT2D eigenvalue weighted by Gasteiger charge is -2.22. The average molecular weight is 333 g/mol. The Morgan fingerprint density at radius 1 is 1.36 bits per heavy atom. The van der Waals surface area contributed by atoms with E-state index < -0.39 is 10.0 Å². The van der Waals surface area contributed by atoms with Gasteiger partial charge in [0.1, 0.15) is 0 Å². The predicted octanol–water partition coefficient (Wildman–Crippen LogP) is 1.26. The molecule has 0 aromatic carbocycles. The highest BCUT2D eigenvalue weighted by Crippen LogP contribution is 2.23. The quantitative estimate of drug-likeness (QED) is 0.399. The Kier molecular flexibility index (Phi) is 8.17. The van der Waals surface area contributed by atoms with Crippen molar-refractivity contribution < 1.29 is 8.42 Å². The summed E-state index contributed by atoms with van der Waals surface area (Å²) in [6.45, 7) is 11.9. The minimum atomic E-state index is -3.12. The molecule has 130 valence electrons. The maximum Gasteiger partial charge on any atom is 0.211 e. The van der Waals surface area contributed by atoms with Gasteiger partial charge in [-0.15, -0.1) is 0 Å². The van der Waals surface area contributed by atoms with Crippen LogP contribution in [0.4, 0.5) is 0 Å². The normalized spacial score (nSPS) is 20.0. The highest BCUT2D eigenvalue weighted by atomic mass is 32.2. The molecule has 2 N–H and O–H groups in total. The van der Waals surface area contributed by atoms with Crippen molar-refractivity contribution in [2.24, 2.45) is 16.8 Å². The molecular weight excluding hydrogens is 300 g/mol. The summed E-state index contributed by atoms with van der Waals surface area (Å²) in [5, 5.41) is 3.31. The van der Waals surface area contributed by atoms with Crippen molar-refractivity contribution in [3.63, 3.8) is 0 Å². The van der Waals surface area contributed by atoms with E-state index >= 15 is 0 Å². The van der Waals surface area contributed by atoms with Crippen molar-refractivity contribution in [3.05, 3.63) is 0 Å². The lowest BCUT2D eigenvalue weighted by molar-refractivity contribution is 0.403. The molecule has 0 aromatic heterocycles. The van der Waals surface area contributed by atoms with Crippen LogP contribution in [0.5, 0.6) is 0 Å². The lowest BCUT2D eigenvalue weighted by atomic mass is 9.97. The van der Waals surface area contributed by atoms with E-state index in [4.69, 9.17) is 0 Å². The monoisotopic (exact) mass is 332 g/mol. The molecule has 1 aliphatic heterocycles. The Labute approximate surface area is 135 Å². The molecule has 0 aromatic rings. The number of nitrogens with one attached hydrogen (secondary N) is 2. The number of hydrogen-bond donors (Lipinski definition) is 2. The number of sulfonamides is 1. The van der Waals surface area contributed by atoms with Crippen LogP contribution < -0.4 is 10.0 Å². The van der Waals surface area contributed by atoms with Crippen LogP contribution in [0.2, 0.25) is 0 Å². The molecule has 7 heteroatoms. The van der Waals surface area contributed by atoms with Crippen molar-refractivity contribution in [1.29, 1.82) is 0 Å². The zero-order chi connectivity index (χ0) is 16.6. The van der Waals surface area contributed by atoms with Crippen molar-refractivity contribution in [2.45, 2.75) is 40.5 Å². The van der Waals surface area contributed by atoms with Gasteiger partial charge in [0, 0.05) is 26.2 Å². The van der Waals surface area contributed by atoms with Crippen LogP contribution in [0.25, 0.3) is 0 Å². The second-order valence-corrected chi connectivity index (χ2v) is 8.36. The summed E-state index contributed by atoms with van der Waals surface area (Å²) in [7, 11) is -3.12. The number of likely N-dealkylation sites (tertiary alicyclic amines) is 1. The van der Waals surface area contributed by atoms with Gasteiger partial charge in [0.15, 0.2) is 5.96 Å². The Morgan fingerprint density at radius 2 is 2.09 bits per heavy atom. The van der Waals surface area contributed by atoms with Crippen LogP contribution >= 0.6 is 0 Å². The smallest absolute Gasteiger partial charge is 0.211 e. The third-order valence-corrected chi connectivity index (χ3v) is 5.20. The van der Waals surface area contributed by atoms with Gasteiger partial charge in [0.25, 0.3) is 0 Å². The van der Waals surface area contributed by atoms with E-state index in [9.17, 15) is 8.42 Å². The Balaban J connectivity index is 2.49. The van der Waals surface area contributed by atoms with Gasteiger partial charge in [-0.25, -0.2) is 13.1 Å². The molecular formula is C15H32N4O2S. The number of hydrogen-bond acceptors (Lipinski definition) is 3. The SMILES string of the molecule is CCNC(=NCCNS(=O)(=O)CC)N1CCC(CC(C)C)C1. The Bertz CT molecular complexity index is 448. The highest BCUT2D eigenvalue weighted by molar-refractivity contribution is 7.89. The van der Waals surface area contributed by atoms with Crippen molar-refractivity contribution in [1.82, 2.24) is 14.9 Å². The molecule has 0 amide bonds. The lowest BCUT2D eigenvalue weighted by Crippen LogP contribution is -2.40. The summed E-state index contributed by atoms with van der Waals surface area (Å²) in [6.07, 6.45) is 2.47. The van der Waals surface area contributed by atoms with Gasteiger partial charge in [-0.2, -0.15) is 0 Å². The maximum absolute atomic E-state index is 11.4. The molecule has 6 nitrogen and oxygen atoms in total. The van der Waals surface area contributed by atoms with Crippen LogP contribution in [0.1, 0.15) is 40.5 Å². The average Bonchev–Trinajstić information content (AvgIpc) is 2.89. The largest absolute Gasteiger partial charge is 0.357 e. The number of guanidine groups is 1. The predicted molar refractivity (Wildman–Crippen MR) is 92.6 cm³/mol. The first-order chi connectivity index (χ1) is 10.4. The summed E-state index contributed by atoms with van der Waals surface area (Å²) in [6, 6.07) is 0. The second kappa shape index (κ2) is 9.35. The molecule has 1 fully saturated rings. The fourth-order valence-corrected chi connectivity index (χ4v) is 3.38. The van der Waals surface area contributed by atoms with Crippen molar-refractivity contribution in [2.75, 3.05) is 38.5 Å². The number of nitrogens with zero attached hydrogens (tertiary/aromatic N) is 2. The van der Waals surface area contributed by atoms with E-state index in [0.29, 0.717) is 13.1 Å². The zero-order valence-corrected chi connectivity index (χ0v) is 15.2. The molecule has 22 heavy (non-hydrogen) atoms. The number of rotatable bonds is 8. The van der Waals surface area contributed by atoms with E-state index in [-0.39, 0.29) is 5.75 Å². The fourth-order valence-electron chi connectivity index (χ4n) is 2.77. The van der Waals surface area contributed by atoms with Crippen LogP contribution in [-0.2, 0) is 10.0 Å². The molecule has 1 rings (SSSR count). The minimum absolute atomic E-state index is 0.111. The van der Waals surface area contributed by atoms with Crippen molar-refractivity contribution >= 4 is 16.0 Å². The Morgan fingerprint density at radius 3 is 2.68 bits per heavy atom. The van der Waals surface area contributed by atoms with Gasteiger partial charge in [-0.3, -0.25) is 4.99 Å². The summed E-state index contributed by atoms with van der Waals surface area (Å²) >= 11 is 0. The molecule has 1 unspecified atom stereocenters. The van der Waals surface area contributed by atoms with Gasteiger partial charge in [-0.05, 0) is 38.5 Å². The molecule has 0 spiro atoms. The molecule has 1 saturated heterocycles. The third kappa shape index (κ3) is 6.96. The van der Waals surface area contributed by atoms with E-state index in [1.165, 1.54) is 12.8 Å². The Hall–Kier alpha value is -0.820. The van der Waals surface area contributed by atoms with E-state index in [0.717, 1.165) is 37.4 Å².